The lowest BCUT2D eigenvalue weighted by atomic mass is 9.89. The number of ether oxygens (including phenoxy) is 1. The molecule has 2 N–H and O–H groups in total. The van der Waals surface area contributed by atoms with Gasteiger partial charge in [-0.1, -0.05) is 0 Å². The normalized spacial score (nSPS) is 23.7. The molecule has 3 aliphatic rings. The molecule has 1 spiro atoms. The van der Waals surface area contributed by atoms with Gasteiger partial charge < -0.3 is 20.1 Å². The minimum absolute atomic E-state index is 0.0733. The minimum atomic E-state index is -0.571. The van der Waals surface area contributed by atoms with E-state index in [-0.39, 0.29) is 36.1 Å². The van der Waals surface area contributed by atoms with E-state index in [2.05, 4.69) is 11.2 Å². The van der Waals surface area contributed by atoms with Crippen molar-refractivity contribution in [1.82, 2.24) is 5.32 Å². The molecular formula is C22H24FN3O5. The Morgan fingerprint density at radius 1 is 1.35 bits per heavy atom. The summed E-state index contributed by atoms with van der Waals surface area (Å²) < 4.78 is 20.1. The molecule has 3 fully saturated rings. The predicted molar refractivity (Wildman–Crippen MR) is 109 cm³/mol. The number of amides is 2. The van der Waals surface area contributed by atoms with Crippen LogP contribution in [0.1, 0.15) is 26.2 Å². The van der Waals surface area contributed by atoms with Crippen LogP contribution in [0, 0.1) is 29.2 Å². The standard InChI is InChI=1S/C22H24FN3O5/c1-14(28)24-12-16-13-26(21(30)31-16)15-2-3-19(18(23)10-15)25-7-5-22(6-8-25)11-17(22)20(29)4-9-27/h2-3,10,16-17,27H,5-8,11-13H2,1H3,(H,24,28)/t16-,17?/m0/s1. The Morgan fingerprint density at radius 2 is 2.10 bits per heavy atom. The van der Waals surface area contributed by atoms with Gasteiger partial charge in [-0.25, -0.2) is 9.18 Å². The first-order valence-corrected chi connectivity index (χ1v) is 10.3. The SMILES string of the molecule is CC(=O)NC[C@H]1CN(c2ccc(N3CCC4(CC3)CC4C(=O)C#CO)c(F)c2)C(=O)O1. The van der Waals surface area contributed by atoms with E-state index in [0.717, 1.165) is 19.3 Å². The summed E-state index contributed by atoms with van der Waals surface area (Å²) >= 11 is 0. The number of benzene rings is 1. The van der Waals surface area contributed by atoms with Gasteiger partial charge in [-0.15, -0.1) is 0 Å². The number of Topliss-reactive ketones (excluding diaryl/α,β-unsaturated/α-hetero) is 1. The fourth-order valence-corrected chi connectivity index (χ4v) is 4.62. The van der Waals surface area contributed by atoms with Crippen LogP contribution in [0.15, 0.2) is 18.2 Å². The Bertz CT molecular complexity index is 977. The molecule has 0 radical (unpaired) electrons. The second kappa shape index (κ2) is 8.10. The van der Waals surface area contributed by atoms with E-state index in [1.165, 1.54) is 17.9 Å². The third-order valence-electron chi connectivity index (χ3n) is 6.48. The number of carbonyl (C=O) groups excluding carboxylic acids is 3. The van der Waals surface area contributed by atoms with Crippen molar-refractivity contribution in [1.29, 1.82) is 0 Å². The smallest absolute Gasteiger partial charge is 0.414 e. The molecule has 2 aliphatic heterocycles. The molecule has 0 aromatic heterocycles. The Labute approximate surface area is 179 Å². The highest BCUT2D eigenvalue weighted by Crippen LogP contribution is 2.60. The average Bonchev–Trinajstić information content (AvgIpc) is 3.30. The summed E-state index contributed by atoms with van der Waals surface area (Å²) in [5.41, 5.74) is 0.788. The molecule has 1 unspecified atom stereocenters. The largest absolute Gasteiger partial charge is 0.462 e. The van der Waals surface area contributed by atoms with Gasteiger partial charge in [0.15, 0.2) is 0 Å². The number of halogens is 1. The number of rotatable bonds is 5. The first kappa shape index (κ1) is 21.0. The fraction of sp³-hybridized carbons (Fsp3) is 0.500. The zero-order chi connectivity index (χ0) is 22.2. The molecule has 31 heavy (non-hydrogen) atoms. The molecule has 2 atom stereocenters. The second-order valence-corrected chi connectivity index (χ2v) is 8.40. The zero-order valence-electron chi connectivity index (χ0n) is 17.2. The number of hydrogen-bond donors (Lipinski definition) is 2. The van der Waals surface area contributed by atoms with Gasteiger partial charge >= 0.3 is 6.09 Å². The molecule has 8 nitrogen and oxygen atoms in total. The molecule has 164 valence electrons. The summed E-state index contributed by atoms with van der Waals surface area (Å²) in [4.78, 5) is 38.4. The first-order chi connectivity index (χ1) is 14.8. The van der Waals surface area contributed by atoms with Crippen LogP contribution in [0.3, 0.4) is 0 Å². The Morgan fingerprint density at radius 3 is 2.74 bits per heavy atom. The van der Waals surface area contributed by atoms with Crippen molar-refractivity contribution in [3.63, 3.8) is 0 Å². The number of piperidine rings is 1. The van der Waals surface area contributed by atoms with Crippen LogP contribution in [0.4, 0.5) is 20.6 Å². The number of ketones is 1. The van der Waals surface area contributed by atoms with E-state index in [4.69, 9.17) is 9.84 Å². The van der Waals surface area contributed by atoms with Crippen molar-refractivity contribution in [2.75, 3.05) is 36.0 Å². The van der Waals surface area contributed by atoms with E-state index in [0.29, 0.717) is 24.5 Å². The third kappa shape index (κ3) is 4.15. The second-order valence-electron chi connectivity index (χ2n) is 8.40. The van der Waals surface area contributed by atoms with Crippen LogP contribution in [-0.4, -0.2) is 55.2 Å². The van der Waals surface area contributed by atoms with Crippen molar-refractivity contribution >= 4 is 29.2 Å². The topological polar surface area (TPSA) is 99.2 Å². The summed E-state index contributed by atoms with van der Waals surface area (Å²) in [6.07, 6.45) is 2.93. The van der Waals surface area contributed by atoms with Crippen molar-refractivity contribution in [2.45, 2.75) is 32.3 Å². The number of nitrogens with zero attached hydrogens (tertiary/aromatic N) is 2. The molecule has 1 aromatic rings. The van der Waals surface area contributed by atoms with Crippen LogP contribution < -0.4 is 15.1 Å². The van der Waals surface area contributed by atoms with Crippen LogP contribution in [0.25, 0.3) is 0 Å². The van der Waals surface area contributed by atoms with Gasteiger partial charge in [0.05, 0.1) is 24.5 Å². The molecule has 9 heteroatoms. The number of anilines is 2. The number of nitrogens with one attached hydrogen (secondary N) is 1. The van der Waals surface area contributed by atoms with Gasteiger partial charge in [-0.05, 0) is 42.9 Å². The highest BCUT2D eigenvalue weighted by molar-refractivity contribution is 5.99. The van der Waals surface area contributed by atoms with Crippen molar-refractivity contribution in [2.24, 2.45) is 11.3 Å². The van der Waals surface area contributed by atoms with E-state index >= 15 is 0 Å². The fourth-order valence-electron chi connectivity index (χ4n) is 4.62. The predicted octanol–water partition coefficient (Wildman–Crippen LogP) is 1.80. The lowest BCUT2D eigenvalue weighted by molar-refractivity contribution is -0.119. The van der Waals surface area contributed by atoms with E-state index in [1.54, 1.807) is 18.2 Å². The van der Waals surface area contributed by atoms with Gasteiger partial charge in [-0.3, -0.25) is 14.5 Å². The Hall–Kier alpha value is -3.28. The minimum Gasteiger partial charge on any atom is -0.462 e. The summed E-state index contributed by atoms with van der Waals surface area (Å²) in [5.74, 6) is 1.22. The maximum Gasteiger partial charge on any atom is 0.414 e. The molecule has 2 heterocycles. The number of aliphatic hydroxyl groups is 1. The lowest BCUT2D eigenvalue weighted by Gasteiger charge is -2.34. The number of cyclic esters (lactones) is 1. The van der Waals surface area contributed by atoms with Crippen molar-refractivity contribution in [3.8, 4) is 12.0 Å². The van der Waals surface area contributed by atoms with E-state index < -0.39 is 18.0 Å². The van der Waals surface area contributed by atoms with E-state index in [1.807, 2.05) is 4.90 Å². The monoisotopic (exact) mass is 429 g/mol. The molecule has 1 aromatic carbocycles. The zero-order valence-corrected chi connectivity index (χ0v) is 17.2. The maximum absolute atomic E-state index is 14.9. The molecule has 2 amide bonds. The van der Waals surface area contributed by atoms with Gasteiger partial charge in [0.1, 0.15) is 18.0 Å². The average molecular weight is 429 g/mol. The van der Waals surface area contributed by atoms with Gasteiger partial charge in [0.25, 0.3) is 0 Å². The highest BCUT2D eigenvalue weighted by Gasteiger charge is 2.58. The van der Waals surface area contributed by atoms with Gasteiger partial charge in [0.2, 0.25) is 11.7 Å². The molecule has 1 aliphatic carbocycles. The molecule has 0 bridgehead atoms. The Balaban J connectivity index is 1.38. The summed E-state index contributed by atoms with van der Waals surface area (Å²) in [6, 6.07) is 4.66. The van der Waals surface area contributed by atoms with Gasteiger partial charge in [-0.2, -0.15) is 0 Å². The van der Waals surface area contributed by atoms with E-state index in [9.17, 15) is 18.8 Å². The van der Waals surface area contributed by atoms with Crippen LogP contribution in [0.5, 0.6) is 0 Å². The summed E-state index contributed by atoms with van der Waals surface area (Å²) in [5, 5.41) is 11.2. The number of carbonyl (C=O) groups is 3. The summed E-state index contributed by atoms with van der Waals surface area (Å²) in [7, 11) is 0. The molecule has 2 saturated heterocycles. The number of hydrogen-bond acceptors (Lipinski definition) is 6. The third-order valence-corrected chi connectivity index (χ3v) is 6.48. The summed E-state index contributed by atoms with van der Waals surface area (Å²) in [6.45, 7) is 3.07. The van der Waals surface area contributed by atoms with Crippen molar-refractivity contribution < 1.29 is 28.6 Å². The number of aliphatic hydroxyl groups excluding tert-OH is 1. The first-order valence-electron chi connectivity index (χ1n) is 10.3. The lowest BCUT2D eigenvalue weighted by Crippen LogP contribution is -2.36. The highest BCUT2D eigenvalue weighted by atomic mass is 19.1. The van der Waals surface area contributed by atoms with Crippen LogP contribution >= 0.6 is 0 Å². The molecular weight excluding hydrogens is 405 g/mol. The molecule has 1 saturated carbocycles. The molecule has 4 rings (SSSR count). The van der Waals surface area contributed by atoms with Crippen LogP contribution in [0.2, 0.25) is 0 Å². The van der Waals surface area contributed by atoms with Crippen LogP contribution in [-0.2, 0) is 14.3 Å². The Kier molecular flexibility index (Phi) is 5.48. The van der Waals surface area contributed by atoms with Crippen molar-refractivity contribution in [3.05, 3.63) is 24.0 Å². The quantitative estimate of drug-likeness (QED) is 0.693. The van der Waals surface area contributed by atoms with Gasteiger partial charge in [0, 0.05) is 31.9 Å². The maximum atomic E-state index is 14.9.